The normalized spacial score (nSPS) is 18.8. The minimum atomic E-state index is -0.729. The van der Waals surface area contributed by atoms with Crippen LogP contribution >= 0.6 is 11.6 Å². The maximum atomic E-state index is 13.7. The second kappa shape index (κ2) is 10.4. The summed E-state index contributed by atoms with van der Waals surface area (Å²) in [5, 5.41) is 21.8. The molecule has 194 valence electrons. The van der Waals surface area contributed by atoms with Crippen LogP contribution in [0.15, 0.2) is 83.6 Å². The second-order valence-electron chi connectivity index (χ2n) is 9.42. The summed E-state index contributed by atoms with van der Waals surface area (Å²) in [5.74, 6) is 0.388. The zero-order valence-corrected chi connectivity index (χ0v) is 22.3. The molecule has 0 aromatic heterocycles. The number of benzene rings is 3. The summed E-state index contributed by atoms with van der Waals surface area (Å²) in [6.45, 7) is 1.92. The molecular weight excluding hydrogens is 500 g/mol. The third kappa shape index (κ3) is 4.35. The quantitative estimate of drug-likeness (QED) is 0.341. The van der Waals surface area contributed by atoms with Crippen molar-refractivity contribution < 1.29 is 19.4 Å². The first-order valence-corrected chi connectivity index (χ1v) is 12.9. The Bertz CT molecular complexity index is 1490. The molecule has 2 aliphatic rings. The fourth-order valence-corrected chi connectivity index (χ4v) is 5.50. The number of rotatable bonds is 5. The van der Waals surface area contributed by atoms with Crippen molar-refractivity contribution in [3.63, 3.8) is 0 Å². The van der Waals surface area contributed by atoms with Crippen LogP contribution in [0.4, 0.5) is 5.69 Å². The Morgan fingerprint density at radius 1 is 1.03 bits per heavy atom. The average molecular weight is 529 g/mol. The highest BCUT2D eigenvalue weighted by atomic mass is 35.5. The van der Waals surface area contributed by atoms with E-state index in [-0.39, 0.29) is 17.4 Å². The van der Waals surface area contributed by atoms with Gasteiger partial charge < -0.3 is 14.6 Å². The predicted molar refractivity (Wildman–Crippen MR) is 151 cm³/mol. The van der Waals surface area contributed by atoms with E-state index in [1.807, 2.05) is 43.3 Å². The number of carbonyl (C=O) groups excluding carboxylic acids is 1. The number of halogens is 1. The smallest absolute Gasteiger partial charge is 0.161 e. The molecule has 5 rings (SSSR count). The molecule has 3 aromatic carbocycles. The molecule has 0 amide bonds. The molecule has 0 bridgehead atoms. The number of aliphatic hydroxyl groups excluding tert-OH is 1. The van der Waals surface area contributed by atoms with Gasteiger partial charge in [-0.25, -0.2) is 0 Å². The molecule has 3 aromatic rings. The van der Waals surface area contributed by atoms with Crippen LogP contribution in [0.1, 0.15) is 41.9 Å². The maximum Gasteiger partial charge on any atom is 0.161 e. The number of hydrogen-bond donors (Lipinski definition) is 2. The Morgan fingerprint density at radius 2 is 1.79 bits per heavy atom. The summed E-state index contributed by atoms with van der Waals surface area (Å²) in [4.78, 5) is 15.5. The van der Waals surface area contributed by atoms with Crippen LogP contribution in [0.5, 0.6) is 11.5 Å². The van der Waals surface area contributed by atoms with Gasteiger partial charge in [-0.15, -0.1) is 0 Å². The Balaban J connectivity index is 1.87. The number of hydrogen-bond acceptors (Lipinski definition) is 5. The lowest BCUT2D eigenvalue weighted by atomic mass is 9.73. The molecule has 0 saturated carbocycles. The molecule has 6 nitrogen and oxygen atoms in total. The van der Waals surface area contributed by atoms with E-state index >= 15 is 0 Å². The molecule has 0 unspecified atom stereocenters. The Kier molecular flexibility index (Phi) is 7.00. The van der Waals surface area contributed by atoms with E-state index in [2.05, 4.69) is 0 Å². The standard InChI is InChI=1S/C31H29ClN2O4/c1-18-12-13-20(16-23(18)32)34-24-10-7-11-25(35)28(24)27(22-17-21(37-2)14-15-26(22)38-3)29(31(34)33)30(36)19-8-5-4-6-9-19/h4-6,8-9,12-17,27,33,36H,7,10-11H2,1-3H3/b30-29+,33-31?/t27-/m1/s1. The molecule has 38 heavy (non-hydrogen) atoms. The van der Waals surface area contributed by atoms with Crippen molar-refractivity contribution in [1.29, 1.82) is 5.41 Å². The summed E-state index contributed by atoms with van der Waals surface area (Å²) in [6.07, 6.45) is 1.67. The van der Waals surface area contributed by atoms with Crippen molar-refractivity contribution in [1.82, 2.24) is 0 Å². The number of amidine groups is 1. The van der Waals surface area contributed by atoms with Gasteiger partial charge in [0.05, 0.1) is 20.1 Å². The number of allylic oxidation sites excluding steroid dienone is 2. The Morgan fingerprint density at radius 3 is 2.47 bits per heavy atom. The minimum absolute atomic E-state index is 0.0183. The molecule has 0 fully saturated rings. The lowest BCUT2D eigenvalue weighted by molar-refractivity contribution is -0.116. The first-order chi connectivity index (χ1) is 18.3. The summed E-state index contributed by atoms with van der Waals surface area (Å²) < 4.78 is 11.2. The van der Waals surface area contributed by atoms with Crippen molar-refractivity contribution >= 4 is 34.7 Å². The van der Waals surface area contributed by atoms with E-state index in [0.29, 0.717) is 63.7 Å². The van der Waals surface area contributed by atoms with Gasteiger partial charge in [0.25, 0.3) is 0 Å². The average Bonchev–Trinajstić information content (AvgIpc) is 2.94. The van der Waals surface area contributed by atoms with Crippen molar-refractivity contribution in [2.75, 3.05) is 19.1 Å². The third-order valence-corrected chi connectivity index (χ3v) is 7.63. The molecule has 1 heterocycles. The SMILES string of the molecule is COc1ccc(OC)c([C@@H]2C3=C(CCCC3=O)N(c3ccc(C)c(Cl)c3)C(=N)/C2=C(/O)c2ccccc2)c1. The second-order valence-corrected chi connectivity index (χ2v) is 9.83. The van der Waals surface area contributed by atoms with E-state index in [1.165, 1.54) is 0 Å². The molecule has 1 atom stereocenters. The highest BCUT2D eigenvalue weighted by Crippen LogP contribution is 2.50. The molecular formula is C31H29ClN2O4. The van der Waals surface area contributed by atoms with Gasteiger partial charge in [-0.2, -0.15) is 0 Å². The predicted octanol–water partition coefficient (Wildman–Crippen LogP) is 7.22. The van der Waals surface area contributed by atoms with Crippen LogP contribution < -0.4 is 14.4 Å². The van der Waals surface area contributed by atoms with Crippen molar-refractivity contribution in [3.8, 4) is 11.5 Å². The summed E-state index contributed by atoms with van der Waals surface area (Å²) in [7, 11) is 3.14. The Hall–Kier alpha value is -4.03. The number of methoxy groups -OCH3 is 2. The monoisotopic (exact) mass is 528 g/mol. The minimum Gasteiger partial charge on any atom is -0.507 e. The number of anilines is 1. The fraction of sp³-hybridized carbons (Fsp3) is 0.226. The van der Waals surface area contributed by atoms with Gasteiger partial charge in [0.15, 0.2) is 5.78 Å². The van der Waals surface area contributed by atoms with Crippen LogP contribution in [0.3, 0.4) is 0 Å². The van der Waals surface area contributed by atoms with Crippen LogP contribution in [-0.2, 0) is 4.79 Å². The number of aliphatic hydroxyl groups is 1. The molecule has 1 aliphatic heterocycles. The number of nitrogens with zero attached hydrogens (tertiary/aromatic N) is 1. The highest BCUT2D eigenvalue weighted by Gasteiger charge is 2.44. The highest BCUT2D eigenvalue weighted by molar-refractivity contribution is 6.32. The number of ether oxygens (including phenoxy) is 2. The van der Waals surface area contributed by atoms with E-state index in [4.69, 9.17) is 21.1 Å². The van der Waals surface area contributed by atoms with Gasteiger partial charge in [0, 0.05) is 45.1 Å². The summed E-state index contributed by atoms with van der Waals surface area (Å²) in [5.41, 5.74) is 4.39. The first kappa shape index (κ1) is 25.6. The van der Waals surface area contributed by atoms with Crippen molar-refractivity contribution in [3.05, 3.63) is 105 Å². The van der Waals surface area contributed by atoms with Gasteiger partial charge in [-0.3, -0.25) is 15.1 Å². The van der Waals surface area contributed by atoms with E-state index in [9.17, 15) is 15.3 Å². The molecule has 7 heteroatoms. The number of nitrogens with one attached hydrogen (secondary N) is 1. The molecule has 2 N–H and O–H groups in total. The molecule has 0 radical (unpaired) electrons. The lowest BCUT2D eigenvalue weighted by Crippen LogP contribution is -2.42. The van der Waals surface area contributed by atoms with Gasteiger partial charge in [0.1, 0.15) is 23.1 Å². The van der Waals surface area contributed by atoms with Gasteiger partial charge in [-0.1, -0.05) is 48.0 Å². The number of Topliss-reactive ketones (excluding diaryl/α,β-unsaturated/α-hetero) is 1. The van der Waals surface area contributed by atoms with Crippen LogP contribution in [0.25, 0.3) is 5.76 Å². The number of aryl methyl sites for hydroxylation is 1. The van der Waals surface area contributed by atoms with E-state index in [1.54, 1.807) is 49.5 Å². The van der Waals surface area contributed by atoms with Crippen molar-refractivity contribution in [2.45, 2.75) is 32.1 Å². The van der Waals surface area contributed by atoms with Crippen LogP contribution in [0, 0.1) is 12.3 Å². The molecule has 0 spiro atoms. The fourth-order valence-electron chi connectivity index (χ4n) is 5.33. The lowest BCUT2D eigenvalue weighted by Gasteiger charge is -2.42. The number of carbonyl (C=O) groups is 1. The maximum absolute atomic E-state index is 13.7. The largest absolute Gasteiger partial charge is 0.507 e. The van der Waals surface area contributed by atoms with Gasteiger partial charge in [0.2, 0.25) is 0 Å². The zero-order chi connectivity index (χ0) is 27.0. The van der Waals surface area contributed by atoms with Crippen molar-refractivity contribution in [2.24, 2.45) is 0 Å². The van der Waals surface area contributed by atoms with E-state index < -0.39 is 5.92 Å². The summed E-state index contributed by atoms with van der Waals surface area (Å²) >= 11 is 6.50. The van der Waals surface area contributed by atoms with E-state index in [0.717, 1.165) is 11.3 Å². The Labute approximate surface area is 227 Å². The first-order valence-electron chi connectivity index (χ1n) is 12.5. The zero-order valence-electron chi connectivity index (χ0n) is 21.5. The molecule has 1 aliphatic carbocycles. The third-order valence-electron chi connectivity index (χ3n) is 7.22. The van der Waals surface area contributed by atoms with Crippen LogP contribution in [-0.4, -0.2) is 30.9 Å². The van der Waals surface area contributed by atoms with Crippen LogP contribution in [0.2, 0.25) is 5.02 Å². The molecule has 0 saturated heterocycles. The summed E-state index contributed by atoms with van der Waals surface area (Å²) in [6, 6.07) is 20.1. The topological polar surface area (TPSA) is 82.9 Å². The number of ketones is 1. The van der Waals surface area contributed by atoms with Gasteiger partial charge >= 0.3 is 0 Å². The van der Waals surface area contributed by atoms with Gasteiger partial charge in [-0.05, 0) is 55.7 Å².